The molecule has 0 saturated heterocycles. The fraction of sp³-hybridized carbons (Fsp3) is 0.231. The monoisotopic (exact) mass is 230 g/mol. The number of carbonyl (C=O) groups is 1. The number of nitrogens with one attached hydrogen (secondary N) is 1. The molecule has 17 heavy (non-hydrogen) atoms. The summed E-state index contributed by atoms with van der Waals surface area (Å²) in [5.74, 6) is -0.389. The van der Waals surface area contributed by atoms with Crippen molar-refractivity contribution in [3.8, 4) is 0 Å². The minimum Gasteiger partial charge on any atom is -0.461 e. The highest BCUT2D eigenvalue weighted by Crippen LogP contribution is 2.19. The summed E-state index contributed by atoms with van der Waals surface area (Å²) >= 11 is 0. The van der Waals surface area contributed by atoms with Crippen LogP contribution in [0.5, 0.6) is 0 Å². The van der Waals surface area contributed by atoms with Crippen molar-refractivity contribution in [1.82, 2.24) is 9.97 Å². The molecule has 0 spiro atoms. The topological polar surface area (TPSA) is 55.0 Å². The summed E-state index contributed by atoms with van der Waals surface area (Å²) in [6.45, 7) is 5.83. The molecule has 0 saturated carbocycles. The summed E-state index contributed by atoms with van der Waals surface area (Å²) in [5.41, 5.74) is 2.35. The van der Waals surface area contributed by atoms with E-state index in [-0.39, 0.29) is 5.97 Å². The van der Waals surface area contributed by atoms with Gasteiger partial charge in [0.2, 0.25) is 0 Å². The largest absolute Gasteiger partial charge is 0.461 e. The van der Waals surface area contributed by atoms with Crippen LogP contribution in [0.1, 0.15) is 23.0 Å². The Kier molecular flexibility index (Phi) is 3.23. The van der Waals surface area contributed by atoms with Crippen molar-refractivity contribution in [2.24, 2.45) is 0 Å². The molecule has 88 valence electrons. The Bertz CT molecular complexity index is 558. The number of aromatic amines is 1. The van der Waals surface area contributed by atoms with E-state index in [0.717, 1.165) is 22.9 Å². The lowest BCUT2D eigenvalue weighted by Gasteiger charge is -2.01. The van der Waals surface area contributed by atoms with Crippen LogP contribution in [0, 0.1) is 0 Å². The number of pyridine rings is 1. The van der Waals surface area contributed by atoms with Crippen LogP contribution in [-0.2, 0) is 11.2 Å². The van der Waals surface area contributed by atoms with Gasteiger partial charge in [-0.2, -0.15) is 0 Å². The maximum Gasteiger partial charge on any atom is 0.356 e. The zero-order chi connectivity index (χ0) is 12.3. The molecule has 0 atom stereocenters. The molecule has 0 amide bonds. The van der Waals surface area contributed by atoms with Crippen LogP contribution in [0.25, 0.3) is 10.9 Å². The van der Waals surface area contributed by atoms with Gasteiger partial charge in [0.15, 0.2) is 0 Å². The van der Waals surface area contributed by atoms with Crippen LogP contribution in [0.4, 0.5) is 0 Å². The number of fused-ring (bicyclic) bond motifs is 1. The Hall–Kier alpha value is -2.10. The second kappa shape index (κ2) is 4.82. The Morgan fingerprint density at radius 2 is 2.47 bits per heavy atom. The second-order valence-electron chi connectivity index (χ2n) is 3.64. The van der Waals surface area contributed by atoms with Crippen LogP contribution in [0.3, 0.4) is 0 Å². The standard InChI is InChI=1S/C13H14N2O2/c1-3-5-9-7-14-12-8-15-11(6-10(9)12)13(16)17-4-2/h3,6-8,14H,1,4-5H2,2H3. The van der Waals surface area contributed by atoms with E-state index in [4.69, 9.17) is 4.74 Å². The van der Waals surface area contributed by atoms with Gasteiger partial charge in [0.05, 0.1) is 18.3 Å². The normalized spacial score (nSPS) is 10.4. The van der Waals surface area contributed by atoms with Crippen molar-refractivity contribution in [1.29, 1.82) is 0 Å². The molecule has 2 aromatic rings. The highest BCUT2D eigenvalue weighted by atomic mass is 16.5. The predicted molar refractivity (Wildman–Crippen MR) is 66.0 cm³/mol. The maximum absolute atomic E-state index is 11.6. The molecule has 1 N–H and O–H groups in total. The molecule has 0 fully saturated rings. The summed E-state index contributed by atoms with van der Waals surface area (Å²) < 4.78 is 4.92. The summed E-state index contributed by atoms with van der Waals surface area (Å²) in [5, 5.41) is 0.989. The summed E-state index contributed by atoms with van der Waals surface area (Å²) in [4.78, 5) is 18.7. The zero-order valence-electron chi connectivity index (χ0n) is 9.69. The van der Waals surface area contributed by atoms with Gasteiger partial charge >= 0.3 is 5.97 Å². The lowest BCUT2D eigenvalue weighted by atomic mass is 10.1. The van der Waals surface area contributed by atoms with Crippen LogP contribution in [0.2, 0.25) is 0 Å². The fourth-order valence-electron chi connectivity index (χ4n) is 1.72. The van der Waals surface area contributed by atoms with Crippen LogP contribution in [-0.4, -0.2) is 22.5 Å². The van der Waals surface area contributed by atoms with E-state index in [9.17, 15) is 4.79 Å². The number of H-pyrrole nitrogens is 1. The first-order valence-electron chi connectivity index (χ1n) is 5.50. The van der Waals surface area contributed by atoms with Gasteiger partial charge in [-0.15, -0.1) is 6.58 Å². The summed E-state index contributed by atoms with van der Waals surface area (Å²) in [6.07, 6.45) is 6.14. The molecule has 0 aliphatic heterocycles. The molecule has 2 rings (SSSR count). The number of ether oxygens (including phenoxy) is 1. The number of carbonyl (C=O) groups excluding carboxylic acids is 1. The Balaban J connectivity index is 2.43. The van der Waals surface area contributed by atoms with Crippen molar-refractivity contribution in [2.45, 2.75) is 13.3 Å². The molecule has 0 aromatic carbocycles. The molecular formula is C13H14N2O2. The van der Waals surface area contributed by atoms with Gasteiger partial charge in [-0.3, -0.25) is 0 Å². The lowest BCUT2D eigenvalue weighted by molar-refractivity contribution is 0.0520. The predicted octanol–water partition coefficient (Wildman–Crippen LogP) is 2.47. The van der Waals surface area contributed by atoms with E-state index in [1.54, 1.807) is 19.2 Å². The maximum atomic E-state index is 11.6. The fourth-order valence-corrected chi connectivity index (χ4v) is 1.72. The highest BCUT2D eigenvalue weighted by Gasteiger charge is 2.11. The minimum atomic E-state index is -0.389. The Morgan fingerprint density at radius 1 is 1.65 bits per heavy atom. The van der Waals surface area contributed by atoms with Gasteiger partial charge in [-0.05, 0) is 25.0 Å². The van der Waals surface area contributed by atoms with Gasteiger partial charge in [0, 0.05) is 11.6 Å². The quantitative estimate of drug-likeness (QED) is 0.648. The number of allylic oxidation sites excluding steroid dienone is 1. The molecule has 4 nitrogen and oxygen atoms in total. The van der Waals surface area contributed by atoms with Gasteiger partial charge in [0.1, 0.15) is 5.69 Å². The molecule has 0 bridgehead atoms. The Labute approximate surface area is 99.3 Å². The molecule has 0 unspecified atom stereocenters. The highest BCUT2D eigenvalue weighted by molar-refractivity contribution is 5.93. The molecule has 0 aliphatic carbocycles. The van der Waals surface area contributed by atoms with Crippen molar-refractivity contribution in [3.05, 3.63) is 42.4 Å². The summed E-state index contributed by atoms with van der Waals surface area (Å²) in [6, 6.07) is 1.75. The number of hydrogen-bond acceptors (Lipinski definition) is 3. The van der Waals surface area contributed by atoms with Gasteiger partial charge in [-0.25, -0.2) is 9.78 Å². The number of aromatic nitrogens is 2. The third kappa shape index (κ3) is 2.20. The van der Waals surface area contributed by atoms with Gasteiger partial charge in [-0.1, -0.05) is 6.08 Å². The van der Waals surface area contributed by atoms with Gasteiger partial charge < -0.3 is 9.72 Å². The summed E-state index contributed by atoms with van der Waals surface area (Å²) in [7, 11) is 0. The minimum absolute atomic E-state index is 0.337. The van der Waals surface area contributed by atoms with Crippen molar-refractivity contribution in [3.63, 3.8) is 0 Å². The molecule has 2 heterocycles. The van der Waals surface area contributed by atoms with E-state index in [1.165, 1.54) is 0 Å². The Morgan fingerprint density at radius 3 is 3.18 bits per heavy atom. The van der Waals surface area contributed by atoms with E-state index in [0.29, 0.717) is 12.3 Å². The third-order valence-electron chi connectivity index (χ3n) is 2.50. The SMILES string of the molecule is C=CCc1c[nH]c2cnc(C(=O)OCC)cc12. The number of nitrogens with zero attached hydrogens (tertiary/aromatic N) is 1. The number of hydrogen-bond donors (Lipinski definition) is 1. The lowest BCUT2D eigenvalue weighted by Crippen LogP contribution is -2.06. The zero-order valence-corrected chi connectivity index (χ0v) is 9.69. The average Bonchev–Trinajstić information content (AvgIpc) is 2.73. The molecule has 4 heteroatoms. The molecule has 0 aliphatic rings. The number of esters is 1. The smallest absolute Gasteiger partial charge is 0.356 e. The van der Waals surface area contributed by atoms with Crippen molar-refractivity contribution in [2.75, 3.05) is 6.61 Å². The average molecular weight is 230 g/mol. The number of rotatable bonds is 4. The first kappa shape index (κ1) is 11.4. The van der Waals surface area contributed by atoms with Crippen LogP contribution < -0.4 is 0 Å². The third-order valence-corrected chi connectivity index (χ3v) is 2.50. The first-order chi connectivity index (χ1) is 8.26. The van der Waals surface area contributed by atoms with Crippen LogP contribution in [0.15, 0.2) is 31.1 Å². The van der Waals surface area contributed by atoms with Crippen molar-refractivity contribution >= 4 is 16.9 Å². The van der Waals surface area contributed by atoms with Gasteiger partial charge in [0.25, 0.3) is 0 Å². The van der Waals surface area contributed by atoms with E-state index in [1.807, 2.05) is 12.3 Å². The van der Waals surface area contributed by atoms with E-state index < -0.39 is 0 Å². The van der Waals surface area contributed by atoms with E-state index in [2.05, 4.69) is 16.5 Å². The van der Waals surface area contributed by atoms with Crippen molar-refractivity contribution < 1.29 is 9.53 Å². The first-order valence-corrected chi connectivity index (χ1v) is 5.50. The molecule has 0 radical (unpaired) electrons. The molecule has 2 aromatic heterocycles. The van der Waals surface area contributed by atoms with Crippen LogP contribution >= 0.6 is 0 Å². The van der Waals surface area contributed by atoms with E-state index >= 15 is 0 Å². The second-order valence-corrected chi connectivity index (χ2v) is 3.64. The molecular weight excluding hydrogens is 216 g/mol.